The van der Waals surface area contributed by atoms with Crippen LogP contribution in [-0.2, 0) is 57.6 Å². The number of H-pyrrole nitrogens is 1. The Balaban J connectivity index is 1.61. The maximum atomic E-state index is 14.6. The number of nitrogens with one attached hydrogen (secondary N) is 8. The summed E-state index contributed by atoms with van der Waals surface area (Å²) in [5, 5.41) is 38.9. The number of phenols is 1. The lowest BCUT2D eigenvalue weighted by Crippen LogP contribution is -2.61. The van der Waals surface area contributed by atoms with Crippen molar-refractivity contribution >= 4 is 83.4 Å². The van der Waals surface area contributed by atoms with Gasteiger partial charge in [-0.1, -0.05) is 67.6 Å². The van der Waals surface area contributed by atoms with Gasteiger partial charge in [-0.05, 0) is 80.5 Å². The molecule has 8 amide bonds. The fourth-order valence-corrected chi connectivity index (χ4v) is 8.11. The van der Waals surface area contributed by atoms with Gasteiger partial charge in [-0.25, -0.2) is 0 Å². The number of thiol groups is 2. The topological polar surface area (TPSA) is 355 Å². The van der Waals surface area contributed by atoms with E-state index in [1.807, 2.05) is 48.5 Å². The van der Waals surface area contributed by atoms with Crippen LogP contribution in [0.25, 0.3) is 10.9 Å². The monoisotopic (exact) mass is 1030 g/mol. The minimum Gasteiger partial charge on any atom is -0.508 e. The Bertz CT molecular complexity index is 2460. The lowest BCUT2D eigenvalue weighted by molar-refractivity contribution is -0.135. The first-order valence-electron chi connectivity index (χ1n) is 23.5. The SMILES string of the molecule is CC[C@H](NC(=O)[C@H](CCCCN)NC(=O)[C@@H](Cc1c[nH]c2ccccc12)NC(=O)[C@H](Cc1ccc(O)cc1)NC(=O)[C@@H](CS)NC(=O)[C@H](N)Cc1ccccc1)C(=O)N[C@@H](CS)C(=O)N[C@H](C(N)=O)[C@@H](C)O. The van der Waals surface area contributed by atoms with E-state index in [1.54, 1.807) is 31.3 Å². The predicted molar refractivity (Wildman–Crippen MR) is 277 cm³/mol. The molecule has 1 heterocycles. The molecule has 16 N–H and O–H groups in total. The Hall–Kier alpha value is -6.66. The number of carbonyl (C=O) groups is 8. The van der Waals surface area contributed by atoms with E-state index in [1.165, 1.54) is 19.1 Å². The predicted octanol–water partition coefficient (Wildman–Crippen LogP) is -1.11. The lowest BCUT2D eigenvalue weighted by atomic mass is 10.0. The number of unbranched alkanes of at least 4 members (excludes halogenated alkanes) is 1. The van der Waals surface area contributed by atoms with Gasteiger partial charge in [0.1, 0.15) is 48.0 Å². The van der Waals surface area contributed by atoms with Crippen molar-refractivity contribution in [2.75, 3.05) is 18.1 Å². The standard InChI is InChI=1S/C49H67N11O10S2/c1-3-34(44(65)59-40(26-72)49(70)60-41(27(2)61)42(52)63)54-45(66)36(15-9-10-20-50)55-47(68)38(23-30-24-53-35-14-8-7-13-32(30)35)57-46(67)37(22-29-16-18-31(62)19-17-29)56-48(69)39(25-71)58-43(64)33(51)21-28-11-5-4-6-12-28/h4-8,11-14,16-19,24,27,33-34,36-41,53,61-62,71-72H,3,9-10,15,20-23,25-26,50-51H2,1-2H3,(H2,52,63)(H,54,66)(H,55,68)(H,56,69)(H,57,67)(H,58,64)(H,59,65)(H,60,70)/t27-,33-,34+,36+,37+,38-,39-,40+,41+/m1/s1. The highest BCUT2D eigenvalue weighted by molar-refractivity contribution is 7.80. The zero-order chi connectivity index (χ0) is 52.9. The number of primary amides is 1. The number of amides is 8. The molecule has 9 atom stereocenters. The average molecular weight is 1030 g/mol. The molecule has 390 valence electrons. The number of phenolic OH excluding ortho intramolecular Hbond substituents is 1. The van der Waals surface area contributed by atoms with Gasteiger partial charge >= 0.3 is 0 Å². The van der Waals surface area contributed by atoms with Crippen molar-refractivity contribution in [1.82, 2.24) is 42.2 Å². The molecular weight excluding hydrogens is 967 g/mol. The molecule has 0 radical (unpaired) electrons. The second-order valence-corrected chi connectivity index (χ2v) is 18.0. The van der Waals surface area contributed by atoms with Crippen LogP contribution in [0.1, 0.15) is 56.2 Å². The van der Waals surface area contributed by atoms with Crippen molar-refractivity contribution in [1.29, 1.82) is 0 Å². The number of hydrogen-bond acceptors (Lipinski definition) is 14. The summed E-state index contributed by atoms with van der Waals surface area (Å²) in [5.41, 5.74) is 20.0. The highest BCUT2D eigenvalue weighted by atomic mass is 32.1. The Kier molecular flexibility index (Phi) is 23.3. The van der Waals surface area contributed by atoms with Crippen LogP contribution in [0.15, 0.2) is 85.1 Å². The van der Waals surface area contributed by atoms with Crippen molar-refractivity contribution in [2.24, 2.45) is 17.2 Å². The molecule has 72 heavy (non-hydrogen) atoms. The molecule has 0 aliphatic carbocycles. The number of fused-ring (bicyclic) bond motifs is 1. The number of aromatic amines is 1. The van der Waals surface area contributed by atoms with E-state index < -0.39 is 102 Å². The smallest absolute Gasteiger partial charge is 0.244 e. The van der Waals surface area contributed by atoms with Gasteiger partial charge in [-0.3, -0.25) is 38.4 Å². The van der Waals surface area contributed by atoms with Crippen molar-refractivity contribution in [3.05, 3.63) is 102 Å². The summed E-state index contributed by atoms with van der Waals surface area (Å²) in [5.74, 6) is -6.89. The van der Waals surface area contributed by atoms with Gasteiger partial charge in [0, 0.05) is 41.4 Å². The summed E-state index contributed by atoms with van der Waals surface area (Å²) >= 11 is 8.46. The van der Waals surface area contributed by atoms with E-state index in [2.05, 4.69) is 67.5 Å². The van der Waals surface area contributed by atoms with Crippen molar-refractivity contribution in [2.45, 2.75) is 113 Å². The summed E-state index contributed by atoms with van der Waals surface area (Å²) in [6.45, 7) is 3.12. The minimum atomic E-state index is -1.45. The maximum Gasteiger partial charge on any atom is 0.244 e. The van der Waals surface area contributed by atoms with Gasteiger partial charge in [0.05, 0.1) is 12.1 Å². The Morgan fingerprint density at radius 1 is 0.597 bits per heavy atom. The third-order valence-corrected chi connectivity index (χ3v) is 12.4. The number of aromatic hydroxyl groups is 1. The fraction of sp³-hybridized carbons (Fsp3) is 0.429. The molecule has 23 heteroatoms. The molecule has 21 nitrogen and oxygen atoms in total. The molecule has 1 aromatic heterocycles. The number of nitrogens with two attached hydrogens (primary N) is 3. The van der Waals surface area contributed by atoms with Gasteiger partial charge < -0.3 is 69.6 Å². The first-order valence-corrected chi connectivity index (χ1v) is 24.8. The van der Waals surface area contributed by atoms with E-state index in [9.17, 15) is 48.6 Å². The number of carbonyl (C=O) groups excluding carboxylic acids is 8. The van der Waals surface area contributed by atoms with Crippen molar-refractivity contribution in [3.8, 4) is 5.75 Å². The number of aliphatic hydroxyl groups is 1. The Morgan fingerprint density at radius 2 is 1.08 bits per heavy atom. The minimum absolute atomic E-state index is 0.0329. The summed E-state index contributed by atoms with van der Waals surface area (Å²) in [4.78, 5) is 112. The van der Waals surface area contributed by atoms with Gasteiger partial charge in [0.15, 0.2) is 0 Å². The zero-order valence-electron chi connectivity index (χ0n) is 40.1. The third-order valence-electron chi connectivity index (χ3n) is 11.7. The number of aromatic nitrogens is 1. The van der Waals surface area contributed by atoms with Crippen molar-refractivity contribution in [3.63, 3.8) is 0 Å². The normalized spacial score (nSPS) is 14.9. The summed E-state index contributed by atoms with van der Waals surface area (Å²) < 4.78 is 0. The second kappa shape index (κ2) is 29.0. The van der Waals surface area contributed by atoms with E-state index >= 15 is 0 Å². The van der Waals surface area contributed by atoms with Crippen LogP contribution in [0.4, 0.5) is 0 Å². The van der Waals surface area contributed by atoms with E-state index in [0.29, 0.717) is 24.0 Å². The zero-order valence-corrected chi connectivity index (χ0v) is 41.9. The third kappa shape index (κ3) is 17.6. The van der Waals surface area contributed by atoms with Crippen LogP contribution in [-0.4, -0.2) is 135 Å². The molecule has 3 aromatic carbocycles. The molecule has 0 saturated heterocycles. The number of hydrogen-bond donors (Lipinski definition) is 15. The summed E-state index contributed by atoms with van der Waals surface area (Å²) in [7, 11) is 0. The highest BCUT2D eigenvalue weighted by Gasteiger charge is 2.35. The number of rotatable bonds is 29. The molecule has 0 aliphatic heterocycles. The quantitative estimate of drug-likeness (QED) is 0.0228. The van der Waals surface area contributed by atoms with Crippen LogP contribution in [0.2, 0.25) is 0 Å². The van der Waals surface area contributed by atoms with Crippen molar-refractivity contribution < 1.29 is 48.6 Å². The van der Waals surface area contributed by atoms with Gasteiger partial charge in [0.25, 0.3) is 0 Å². The van der Waals surface area contributed by atoms with Gasteiger partial charge in [0.2, 0.25) is 47.3 Å². The van der Waals surface area contributed by atoms with Gasteiger partial charge in [-0.15, -0.1) is 0 Å². The van der Waals surface area contributed by atoms with Crippen LogP contribution in [0.5, 0.6) is 5.75 Å². The molecule has 0 saturated carbocycles. The van der Waals surface area contributed by atoms with E-state index in [0.717, 1.165) is 16.5 Å². The van der Waals surface area contributed by atoms with E-state index in [-0.39, 0.29) is 55.9 Å². The van der Waals surface area contributed by atoms with Gasteiger partial charge in [-0.2, -0.15) is 25.3 Å². The van der Waals surface area contributed by atoms with Crippen LogP contribution < -0.4 is 54.4 Å². The summed E-state index contributed by atoms with van der Waals surface area (Å²) in [6.07, 6.45) is 1.22. The second-order valence-electron chi connectivity index (χ2n) is 17.3. The van der Waals surface area contributed by atoms with Crippen LogP contribution in [0, 0.1) is 0 Å². The number of aliphatic hydroxyl groups excluding tert-OH is 1. The Labute approximate surface area is 428 Å². The molecule has 4 rings (SSSR count). The largest absolute Gasteiger partial charge is 0.508 e. The molecule has 0 aliphatic rings. The maximum absolute atomic E-state index is 14.6. The molecule has 0 bridgehead atoms. The molecule has 4 aromatic rings. The molecule has 0 unspecified atom stereocenters. The first-order chi connectivity index (χ1) is 34.4. The highest BCUT2D eigenvalue weighted by Crippen LogP contribution is 2.20. The number of benzene rings is 3. The number of para-hydroxylation sites is 1. The van der Waals surface area contributed by atoms with E-state index in [4.69, 9.17) is 17.2 Å². The first kappa shape index (κ1) is 57.9. The Morgan fingerprint density at radius 3 is 1.67 bits per heavy atom. The summed E-state index contributed by atoms with van der Waals surface area (Å²) in [6, 6.07) is 12.0. The molecule has 0 spiro atoms. The average Bonchev–Trinajstić information content (AvgIpc) is 3.77. The van der Waals surface area contributed by atoms with Crippen LogP contribution in [0.3, 0.4) is 0 Å². The lowest BCUT2D eigenvalue weighted by Gasteiger charge is -2.28. The van der Waals surface area contributed by atoms with Crippen LogP contribution >= 0.6 is 25.3 Å². The molecular formula is C49H67N11O10S2. The fourth-order valence-electron chi connectivity index (χ4n) is 7.59. The molecule has 0 fully saturated rings.